The maximum absolute atomic E-state index is 6.45. The summed E-state index contributed by atoms with van der Waals surface area (Å²) in [5.74, 6) is 0. The van der Waals surface area contributed by atoms with Crippen molar-refractivity contribution in [3.63, 3.8) is 0 Å². The van der Waals surface area contributed by atoms with E-state index in [0.717, 1.165) is 0 Å². The van der Waals surface area contributed by atoms with Gasteiger partial charge < -0.3 is 5.73 Å². The molecule has 0 aromatic rings. The molecule has 22 heavy (non-hydrogen) atoms. The van der Waals surface area contributed by atoms with Crippen molar-refractivity contribution in [2.75, 3.05) is 0 Å². The third kappa shape index (κ3) is 13.9. The van der Waals surface area contributed by atoms with E-state index in [2.05, 4.69) is 27.7 Å². The van der Waals surface area contributed by atoms with Crippen LogP contribution < -0.4 is 5.73 Å². The van der Waals surface area contributed by atoms with Crippen molar-refractivity contribution < 1.29 is 0 Å². The molecule has 1 atom stereocenters. The van der Waals surface area contributed by atoms with E-state index >= 15 is 0 Å². The Balaban J connectivity index is 0. The Hall–Kier alpha value is 0.250. The Kier molecular flexibility index (Phi) is 18.0. The molecule has 0 heterocycles. The maximum atomic E-state index is 6.45. The standard InChI is InChI=1S/C20H43N.ClH/c1-5-7-9-11-12-13-15-17-19(21)20(3,4)18-16-14-10-8-6-2;/h19H,5-18,21H2,1-4H3;1H. The van der Waals surface area contributed by atoms with Gasteiger partial charge >= 0.3 is 0 Å². The Bertz CT molecular complexity index is 216. The Morgan fingerprint density at radius 1 is 0.682 bits per heavy atom. The van der Waals surface area contributed by atoms with Gasteiger partial charge in [-0.05, 0) is 18.3 Å². The summed E-state index contributed by atoms with van der Waals surface area (Å²) >= 11 is 0. The molecule has 0 saturated heterocycles. The highest BCUT2D eigenvalue weighted by Gasteiger charge is 2.25. The molecule has 0 amide bonds. The zero-order valence-corrected chi connectivity index (χ0v) is 16.8. The fourth-order valence-corrected chi connectivity index (χ4v) is 3.08. The quantitative estimate of drug-likeness (QED) is 0.313. The summed E-state index contributed by atoms with van der Waals surface area (Å²) in [6, 6.07) is 0.388. The molecular weight excluding hydrogens is 290 g/mol. The summed E-state index contributed by atoms with van der Waals surface area (Å²) in [5, 5.41) is 0. The number of unbranched alkanes of at least 4 members (excludes halogenated alkanes) is 10. The molecule has 1 unspecified atom stereocenters. The number of halogens is 1. The lowest BCUT2D eigenvalue weighted by molar-refractivity contribution is 0.238. The van der Waals surface area contributed by atoms with Crippen molar-refractivity contribution in [1.29, 1.82) is 0 Å². The predicted octanol–water partition coefficient (Wildman–Crippen LogP) is 7.26. The van der Waals surface area contributed by atoms with Gasteiger partial charge in [-0.1, -0.05) is 105 Å². The van der Waals surface area contributed by atoms with Crippen LogP contribution in [0.2, 0.25) is 0 Å². The lowest BCUT2D eigenvalue weighted by atomic mass is 9.78. The molecule has 0 aliphatic rings. The smallest absolute Gasteiger partial charge is 0.00902 e. The fourth-order valence-electron chi connectivity index (χ4n) is 3.08. The lowest BCUT2D eigenvalue weighted by Gasteiger charge is -2.32. The second-order valence-electron chi connectivity index (χ2n) is 7.67. The van der Waals surface area contributed by atoms with Gasteiger partial charge in [-0.25, -0.2) is 0 Å². The second kappa shape index (κ2) is 16.1. The van der Waals surface area contributed by atoms with Gasteiger partial charge in [0.1, 0.15) is 0 Å². The SMILES string of the molecule is CCCCCCCCCC(N)C(C)(C)CCCCCCC.Cl. The van der Waals surface area contributed by atoms with Crippen LogP contribution in [0.25, 0.3) is 0 Å². The molecule has 0 saturated carbocycles. The van der Waals surface area contributed by atoms with Crippen molar-refractivity contribution in [2.45, 2.75) is 124 Å². The number of rotatable bonds is 15. The van der Waals surface area contributed by atoms with Gasteiger partial charge in [0.2, 0.25) is 0 Å². The van der Waals surface area contributed by atoms with Crippen LogP contribution in [0.1, 0.15) is 118 Å². The van der Waals surface area contributed by atoms with E-state index < -0.39 is 0 Å². The summed E-state index contributed by atoms with van der Waals surface area (Å²) in [6.45, 7) is 9.31. The van der Waals surface area contributed by atoms with Crippen LogP contribution in [0, 0.1) is 5.41 Å². The monoisotopic (exact) mass is 333 g/mol. The maximum Gasteiger partial charge on any atom is 0.00902 e. The number of nitrogens with two attached hydrogens (primary N) is 1. The van der Waals surface area contributed by atoms with E-state index in [1.165, 1.54) is 89.9 Å². The first-order valence-corrected chi connectivity index (χ1v) is 9.80. The molecule has 2 N–H and O–H groups in total. The number of hydrogen-bond acceptors (Lipinski definition) is 1. The summed E-state index contributed by atoms with van der Waals surface area (Å²) in [4.78, 5) is 0. The van der Waals surface area contributed by atoms with Crippen LogP contribution in [-0.4, -0.2) is 6.04 Å². The molecule has 0 fully saturated rings. The molecule has 136 valence electrons. The zero-order valence-electron chi connectivity index (χ0n) is 16.0. The Morgan fingerprint density at radius 2 is 1.09 bits per heavy atom. The fraction of sp³-hybridized carbons (Fsp3) is 1.00. The van der Waals surface area contributed by atoms with E-state index in [1.54, 1.807) is 0 Å². The highest BCUT2D eigenvalue weighted by atomic mass is 35.5. The third-order valence-corrected chi connectivity index (χ3v) is 5.05. The minimum atomic E-state index is 0. The van der Waals surface area contributed by atoms with Crippen molar-refractivity contribution in [1.82, 2.24) is 0 Å². The summed E-state index contributed by atoms with van der Waals surface area (Å²) < 4.78 is 0. The van der Waals surface area contributed by atoms with Gasteiger partial charge in [0.25, 0.3) is 0 Å². The van der Waals surface area contributed by atoms with Crippen LogP contribution in [0.15, 0.2) is 0 Å². The van der Waals surface area contributed by atoms with Gasteiger partial charge in [0, 0.05) is 6.04 Å². The highest BCUT2D eigenvalue weighted by Crippen LogP contribution is 2.29. The minimum absolute atomic E-state index is 0. The minimum Gasteiger partial charge on any atom is -0.327 e. The molecule has 0 aromatic heterocycles. The summed E-state index contributed by atoms with van der Waals surface area (Å²) in [5.41, 5.74) is 6.78. The predicted molar refractivity (Wildman–Crippen MR) is 105 cm³/mol. The van der Waals surface area contributed by atoms with E-state index in [4.69, 9.17) is 5.73 Å². The third-order valence-electron chi connectivity index (χ3n) is 5.05. The first-order chi connectivity index (χ1) is 10.0. The van der Waals surface area contributed by atoms with Crippen LogP contribution in [0.3, 0.4) is 0 Å². The van der Waals surface area contributed by atoms with Gasteiger partial charge in [-0.2, -0.15) is 0 Å². The van der Waals surface area contributed by atoms with Gasteiger partial charge in [-0.3, -0.25) is 0 Å². The normalized spacial score (nSPS) is 13.0. The second-order valence-corrected chi connectivity index (χ2v) is 7.67. The molecule has 0 aliphatic heterocycles. The van der Waals surface area contributed by atoms with Crippen molar-refractivity contribution in [3.8, 4) is 0 Å². The van der Waals surface area contributed by atoms with E-state index in [9.17, 15) is 0 Å². The van der Waals surface area contributed by atoms with Crippen LogP contribution in [0.4, 0.5) is 0 Å². The molecule has 1 nitrogen and oxygen atoms in total. The van der Waals surface area contributed by atoms with Crippen LogP contribution in [-0.2, 0) is 0 Å². The molecule has 2 heteroatoms. The first kappa shape index (κ1) is 24.5. The van der Waals surface area contributed by atoms with Crippen molar-refractivity contribution >= 4 is 12.4 Å². The van der Waals surface area contributed by atoms with Gasteiger partial charge in [0.15, 0.2) is 0 Å². The number of hydrogen-bond donors (Lipinski definition) is 1. The first-order valence-electron chi connectivity index (χ1n) is 9.80. The topological polar surface area (TPSA) is 26.0 Å². The van der Waals surface area contributed by atoms with E-state index in [0.29, 0.717) is 11.5 Å². The van der Waals surface area contributed by atoms with E-state index in [-0.39, 0.29) is 12.4 Å². The molecule has 0 radical (unpaired) electrons. The Labute approximate surface area is 147 Å². The molecule has 0 bridgehead atoms. The largest absolute Gasteiger partial charge is 0.327 e. The zero-order chi connectivity index (χ0) is 16.0. The van der Waals surface area contributed by atoms with Crippen molar-refractivity contribution in [2.24, 2.45) is 11.1 Å². The van der Waals surface area contributed by atoms with Crippen LogP contribution in [0.5, 0.6) is 0 Å². The molecular formula is C20H44ClN. The van der Waals surface area contributed by atoms with E-state index in [1.807, 2.05) is 0 Å². The van der Waals surface area contributed by atoms with Gasteiger partial charge in [0.05, 0.1) is 0 Å². The molecule has 0 aromatic carbocycles. The molecule has 0 rings (SSSR count). The molecule has 0 spiro atoms. The average molecular weight is 334 g/mol. The van der Waals surface area contributed by atoms with Gasteiger partial charge in [-0.15, -0.1) is 12.4 Å². The lowest BCUT2D eigenvalue weighted by Crippen LogP contribution is -2.37. The summed E-state index contributed by atoms with van der Waals surface area (Å²) in [7, 11) is 0. The highest BCUT2D eigenvalue weighted by molar-refractivity contribution is 5.85. The molecule has 0 aliphatic carbocycles. The van der Waals surface area contributed by atoms with Crippen LogP contribution >= 0.6 is 12.4 Å². The van der Waals surface area contributed by atoms with Crippen molar-refractivity contribution in [3.05, 3.63) is 0 Å². The summed E-state index contributed by atoms with van der Waals surface area (Å²) in [6.07, 6.45) is 19.1. The average Bonchev–Trinajstić information content (AvgIpc) is 2.45. The Morgan fingerprint density at radius 3 is 1.59 bits per heavy atom.